The lowest BCUT2D eigenvalue weighted by molar-refractivity contribution is 0.0414. The number of likely N-dealkylation sites (N-methyl/N-ethyl adjacent to an activating group) is 1. The van der Waals surface area contributed by atoms with Crippen LogP contribution in [0.1, 0.15) is 46.5 Å². The Morgan fingerprint density at radius 3 is 2.45 bits per heavy atom. The first-order chi connectivity index (χ1) is 18.1. The van der Waals surface area contributed by atoms with Gasteiger partial charge >= 0.3 is 0 Å². The van der Waals surface area contributed by atoms with Crippen molar-refractivity contribution in [1.82, 2.24) is 20.0 Å². The number of rotatable bonds is 4. The van der Waals surface area contributed by atoms with Crippen LogP contribution in [-0.2, 0) is 0 Å². The minimum absolute atomic E-state index is 0.00296. The minimum Gasteiger partial charge on any atom is -0.462 e. The predicted molar refractivity (Wildman–Crippen MR) is 142 cm³/mol. The third-order valence-corrected chi connectivity index (χ3v) is 7.60. The number of nitrogens with zero attached hydrogens (tertiary/aromatic N) is 4. The van der Waals surface area contributed by atoms with Gasteiger partial charge in [0.15, 0.2) is 17.3 Å². The van der Waals surface area contributed by atoms with Crippen LogP contribution in [0.3, 0.4) is 0 Å². The molecule has 2 aliphatic heterocycles. The van der Waals surface area contributed by atoms with Crippen LogP contribution in [0.4, 0.5) is 15.9 Å². The largest absolute Gasteiger partial charge is 0.462 e. The van der Waals surface area contributed by atoms with Crippen LogP contribution in [0, 0.1) is 5.82 Å². The molecule has 2 aromatic carbocycles. The Morgan fingerprint density at radius 2 is 1.76 bits per heavy atom. The van der Waals surface area contributed by atoms with E-state index in [9.17, 15) is 14.0 Å². The van der Waals surface area contributed by atoms with Crippen molar-refractivity contribution in [2.75, 3.05) is 30.8 Å². The van der Waals surface area contributed by atoms with Crippen molar-refractivity contribution in [3.63, 3.8) is 0 Å². The van der Waals surface area contributed by atoms with Gasteiger partial charge in [0.05, 0.1) is 15.6 Å². The first-order valence-electron chi connectivity index (χ1n) is 12.0. The van der Waals surface area contributed by atoms with E-state index < -0.39 is 18.0 Å². The summed E-state index contributed by atoms with van der Waals surface area (Å²) in [4.78, 5) is 29.9. The molecule has 38 heavy (non-hydrogen) atoms. The van der Waals surface area contributed by atoms with Crippen molar-refractivity contribution < 1.29 is 18.7 Å². The highest BCUT2D eigenvalue weighted by Crippen LogP contribution is 2.41. The molecule has 5 rings (SSSR count). The van der Waals surface area contributed by atoms with E-state index in [2.05, 4.69) is 46.6 Å². The Labute approximate surface area is 228 Å². The Kier molecular flexibility index (Phi) is 7.13. The van der Waals surface area contributed by atoms with Crippen molar-refractivity contribution >= 4 is 46.5 Å². The van der Waals surface area contributed by atoms with E-state index in [4.69, 9.17) is 27.9 Å². The van der Waals surface area contributed by atoms with Crippen LogP contribution in [0.15, 0.2) is 42.5 Å². The number of hydrogen-bond acceptors (Lipinski definition) is 7. The van der Waals surface area contributed by atoms with Crippen molar-refractivity contribution in [3.05, 3.63) is 75.1 Å². The molecule has 9 nitrogen and oxygen atoms in total. The molecule has 3 atom stereocenters. The Hall–Kier alpha value is -3.47. The number of hydrogen-bond donors (Lipinski definition) is 2. The van der Waals surface area contributed by atoms with E-state index in [1.165, 1.54) is 12.1 Å². The Balaban J connectivity index is 1.25. The van der Waals surface area contributed by atoms with E-state index in [1.54, 1.807) is 24.3 Å². The van der Waals surface area contributed by atoms with Crippen LogP contribution in [0.5, 0.6) is 5.75 Å². The number of carbonyl (C=O) groups is 2. The molecule has 198 valence electrons. The van der Waals surface area contributed by atoms with E-state index in [0.717, 1.165) is 6.07 Å². The molecule has 12 heteroatoms. The fraction of sp³-hybridized carbons (Fsp3) is 0.308. The fourth-order valence-electron chi connectivity index (χ4n) is 4.51. The smallest absolute Gasteiger partial charge is 0.276 e. The van der Waals surface area contributed by atoms with E-state index in [1.807, 2.05) is 4.90 Å². The summed E-state index contributed by atoms with van der Waals surface area (Å²) in [6.45, 7) is 5.52. The first-order valence-corrected chi connectivity index (χ1v) is 12.7. The number of carbonyl (C=O) groups excluding carboxylic acids is 2. The van der Waals surface area contributed by atoms with Crippen LogP contribution >= 0.6 is 23.2 Å². The Bertz CT molecular complexity index is 1390. The van der Waals surface area contributed by atoms with Crippen LogP contribution in [0.2, 0.25) is 10.0 Å². The quantitative estimate of drug-likeness (QED) is 0.442. The van der Waals surface area contributed by atoms with Gasteiger partial charge in [0.2, 0.25) is 6.23 Å². The monoisotopic (exact) mass is 558 g/mol. The van der Waals surface area contributed by atoms with Crippen molar-refractivity contribution in [3.8, 4) is 5.75 Å². The Morgan fingerprint density at radius 1 is 1.08 bits per heavy atom. The van der Waals surface area contributed by atoms with Gasteiger partial charge in [-0.3, -0.25) is 14.5 Å². The summed E-state index contributed by atoms with van der Waals surface area (Å²) in [7, 11) is 2.07. The van der Waals surface area contributed by atoms with E-state index in [-0.39, 0.29) is 50.9 Å². The number of ether oxygens (including phenoxy) is 1. The second kappa shape index (κ2) is 10.4. The number of benzene rings is 2. The molecule has 1 aromatic heterocycles. The molecule has 2 amide bonds. The third kappa shape index (κ3) is 4.99. The topological polar surface area (TPSA) is 99.7 Å². The van der Waals surface area contributed by atoms with Crippen LogP contribution < -0.4 is 15.4 Å². The van der Waals surface area contributed by atoms with Crippen molar-refractivity contribution in [2.45, 2.75) is 32.2 Å². The lowest BCUT2D eigenvalue weighted by Gasteiger charge is -2.42. The summed E-state index contributed by atoms with van der Waals surface area (Å²) < 4.78 is 19.7. The van der Waals surface area contributed by atoms with Crippen LogP contribution in [-0.4, -0.2) is 64.0 Å². The van der Waals surface area contributed by atoms with E-state index in [0.29, 0.717) is 24.3 Å². The van der Waals surface area contributed by atoms with Gasteiger partial charge in [-0.25, -0.2) is 4.39 Å². The van der Waals surface area contributed by atoms with Gasteiger partial charge in [0.1, 0.15) is 5.82 Å². The second-order valence-electron chi connectivity index (χ2n) is 9.45. The maximum absolute atomic E-state index is 13.9. The average Bonchev–Trinajstić information content (AvgIpc) is 3.32. The lowest BCUT2D eigenvalue weighted by Crippen LogP contribution is -2.56. The van der Waals surface area contributed by atoms with Gasteiger partial charge in [-0.1, -0.05) is 23.2 Å². The minimum atomic E-state index is -0.898. The molecule has 0 unspecified atom stereocenters. The summed E-state index contributed by atoms with van der Waals surface area (Å²) >= 11 is 12.3. The molecule has 0 spiro atoms. The van der Waals surface area contributed by atoms with E-state index >= 15 is 0 Å². The average molecular weight is 559 g/mol. The number of anilines is 2. The summed E-state index contributed by atoms with van der Waals surface area (Å²) in [5, 5.41) is 13.7. The van der Waals surface area contributed by atoms with Gasteiger partial charge < -0.3 is 20.3 Å². The molecular formula is C26H25Cl2FN6O3. The standard InChI is InChI=1S/C26H25Cl2FN6O3/c1-13-11-35(12-14(2)34(13)3)26(37)15-4-6-16(7-5-15)30-24(36)19-10-20-23(33-32-19)31-25(38-20)21-17(27)8-9-18(29)22(21)28/h4-10,13-14,25H,11-12H2,1-3H3,(H,30,36)(H,31,33)/t13-,14+,25-/m0/s1. The molecule has 0 bridgehead atoms. The lowest BCUT2D eigenvalue weighted by atomic mass is 10.1. The number of piperazine rings is 1. The molecule has 3 aromatic rings. The molecule has 0 saturated carbocycles. The fourth-order valence-corrected chi connectivity index (χ4v) is 5.08. The highest BCUT2D eigenvalue weighted by Gasteiger charge is 2.32. The normalized spacial score (nSPS) is 20.9. The summed E-state index contributed by atoms with van der Waals surface area (Å²) in [6.07, 6.45) is -0.898. The zero-order chi connectivity index (χ0) is 27.1. The van der Waals surface area contributed by atoms with Gasteiger partial charge in [0, 0.05) is 42.5 Å². The molecule has 1 fully saturated rings. The molecule has 3 heterocycles. The molecular weight excluding hydrogens is 534 g/mol. The highest BCUT2D eigenvalue weighted by molar-refractivity contribution is 6.36. The SMILES string of the molecule is C[C@@H]1CN(C(=O)c2ccc(NC(=O)c3cc4c(nn3)N[C@H](c3c(Cl)ccc(F)c3Cl)O4)cc2)C[C@H](C)N1C. The number of amides is 2. The molecule has 2 aliphatic rings. The number of fused-ring (bicyclic) bond motifs is 1. The summed E-state index contributed by atoms with van der Waals surface area (Å²) in [5.74, 6) is -0.702. The zero-order valence-corrected chi connectivity index (χ0v) is 22.3. The van der Waals surface area contributed by atoms with Crippen molar-refractivity contribution in [2.24, 2.45) is 0 Å². The van der Waals surface area contributed by atoms with Gasteiger partial charge in [0.25, 0.3) is 11.8 Å². The summed E-state index contributed by atoms with van der Waals surface area (Å²) in [6, 6.07) is 11.2. The number of halogens is 3. The van der Waals surface area contributed by atoms with Gasteiger partial charge in [-0.2, -0.15) is 0 Å². The zero-order valence-electron chi connectivity index (χ0n) is 20.8. The van der Waals surface area contributed by atoms with Gasteiger partial charge in [-0.15, -0.1) is 10.2 Å². The van der Waals surface area contributed by atoms with Gasteiger partial charge in [-0.05, 0) is 57.3 Å². The molecule has 0 aliphatic carbocycles. The number of aromatic nitrogens is 2. The molecule has 1 saturated heterocycles. The third-order valence-electron chi connectivity index (χ3n) is 6.88. The maximum atomic E-state index is 13.9. The van der Waals surface area contributed by atoms with Crippen molar-refractivity contribution in [1.29, 1.82) is 0 Å². The molecule has 0 radical (unpaired) electrons. The maximum Gasteiger partial charge on any atom is 0.276 e. The van der Waals surface area contributed by atoms with Crippen LogP contribution in [0.25, 0.3) is 0 Å². The predicted octanol–water partition coefficient (Wildman–Crippen LogP) is 4.84. The molecule has 2 N–H and O–H groups in total. The number of nitrogens with one attached hydrogen (secondary N) is 2. The highest BCUT2D eigenvalue weighted by atomic mass is 35.5. The summed E-state index contributed by atoms with van der Waals surface area (Å²) in [5.41, 5.74) is 1.25. The first kappa shape index (κ1) is 26.1. The second-order valence-corrected chi connectivity index (χ2v) is 10.2.